The summed E-state index contributed by atoms with van der Waals surface area (Å²) in [6.45, 7) is 10.4. The molecule has 0 unspecified atom stereocenters. The van der Waals surface area contributed by atoms with Crippen molar-refractivity contribution in [3.05, 3.63) is 163 Å². The summed E-state index contributed by atoms with van der Waals surface area (Å²) >= 11 is 0. The molecule has 0 atom stereocenters. The number of aryl methyl sites for hydroxylation is 5. The van der Waals surface area contributed by atoms with Crippen molar-refractivity contribution >= 4 is 31.4 Å². The maximum Gasteiger partial charge on any atom is 0.255 e. The quantitative estimate of drug-likeness (QED) is 0.0816. The fourth-order valence-corrected chi connectivity index (χ4v) is 11.1. The molecule has 0 aliphatic heterocycles. The summed E-state index contributed by atoms with van der Waals surface area (Å²) in [6.07, 6.45) is 8.64. The third kappa shape index (κ3) is 10.7. The first kappa shape index (κ1) is 46.9. The van der Waals surface area contributed by atoms with Gasteiger partial charge in [0.1, 0.15) is 11.5 Å². The number of nitrogens with one attached hydrogen (secondary N) is 3. The molecule has 1 aliphatic rings. The van der Waals surface area contributed by atoms with Crippen LogP contribution in [0.15, 0.2) is 113 Å². The maximum atomic E-state index is 13.6. The first-order chi connectivity index (χ1) is 30.7. The van der Waals surface area contributed by atoms with Crippen LogP contribution in [0.2, 0.25) is 0 Å². The maximum absolute atomic E-state index is 13.6. The summed E-state index contributed by atoms with van der Waals surface area (Å²) in [5.74, 6) is 0.748. The first-order valence-electron chi connectivity index (χ1n) is 21.7. The van der Waals surface area contributed by atoms with Gasteiger partial charge >= 0.3 is 0 Å². The molecule has 1 aliphatic carbocycles. The van der Waals surface area contributed by atoms with Gasteiger partial charge in [-0.3, -0.25) is 18.6 Å². The van der Waals surface area contributed by atoms with Gasteiger partial charge in [0.05, 0.1) is 26.2 Å². The number of nitrogens with zero attached hydrogens (tertiary/aromatic N) is 1. The number of aromatic nitrogens is 2. The number of hydrogen-bond acceptors (Lipinski definition) is 8. The molecule has 0 saturated heterocycles. The first-order valence-corrected chi connectivity index (χ1v) is 25.2. The highest BCUT2D eigenvalue weighted by Crippen LogP contribution is 2.52. The zero-order chi connectivity index (χ0) is 46.9. The second-order valence-corrected chi connectivity index (χ2v) is 21.9. The average Bonchev–Trinajstić information content (AvgIpc) is 4.01. The van der Waals surface area contributed by atoms with Crippen molar-refractivity contribution in [1.29, 1.82) is 0 Å². The zero-order valence-electron chi connectivity index (χ0n) is 38.3. The number of H-pyrrole nitrogens is 2. The number of methoxy groups -OCH3 is 2. The van der Waals surface area contributed by atoms with Gasteiger partial charge in [0.15, 0.2) is 5.88 Å². The lowest BCUT2D eigenvalue weighted by molar-refractivity contribution is 0.392. The lowest BCUT2D eigenvalue weighted by Gasteiger charge is -2.25. The van der Waals surface area contributed by atoms with Crippen molar-refractivity contribution in [3.8, 4) is 33.8 Å². The lowest BCUT2D eigenvalue weighted by Crippen LogP contribution is -2.37. The molecule has 1 saturated carbocycles. The number of sulfonamides is 2. The number of hydrogen-bond donors (Lipinski definition) is 3. The molecular weight excluding hydrogens is 861 g/mol. The molecule has 0 amide bonds. The van der Waals surface area contributed by atoms with E-state index in [4.69, 9.17) is 9.47 Å². The number of benzene rings is 4. The van der Waals surface area contributed by atoms with Crippen molar-refractivity contribution < 1.29 is 26.3 Å². The fraction of sp³-hybridized carbons (Fsp3) is 0.333. The van der Waals surface area contributed by atoms with E-state index in [1.165, 1.54) is 0 Å². The molecule has 2 aromatic heterocycles. The summed E-state index contributed by atoms with van der Waals surface area (Å²) in [5, 5.41) is 0. The Hall–Kier alpha value is -6.12. The Morgan fingerprint density at radius 2 is 1.26 bits per heavy atom. The van der Waals surface area contributed by atoms with E-state index in [0.717, 1.165) is 85.0 Å². The Morgan fingerprint density at radius 1 is 0.708 bits per heavy atom. The second-order valence-electron chi connectivity index (χ2n) is 18.3. The van der Waals surface area contributed by atoms with Gasteiger partial charge in [-0.25, -0.2) is 16.8 Å². The minimum absolute atomic E-state index is 0.0279. The van der Waals surface area contributed by atoms with Gasteiger partial charge in [-0.05, 0) is 168 Å². The Balaban J connectivity index is 1.05. The normalized spacial score (nSPS) is 13.6. The minimum Gasteiger partial charge on any atom is -0.496 e. The topological polar surface area (TPSA) is 168 Å². The molecule has 1 fully saturated rings. The monoisotopic (exact) mass is 918 g/mol. The number of ether oxygens (including phenoxy) is 2. The van der Waals surface area contributed by atoms with Crippen molar-refractivity contribution in [2.24, 2.45) is 0 Å². The molecule has 0 spiro atoms. The summed E-state index contributed by atoms with van der Waals surface area (Å²) in [4.78, 5) is 31.1. The van der Waals surface area contributed by atoms with Crippen LogP contribution < -0.4 is 29.6 Å². The fourth-order valence-electron chi connectivity index (χ4n) is 8.45. The largest absolute Gasteiger partial charge is 0.496 e. The van der Waals surface area contributed by atoms with Crippen molar-refractivity contribution in [1.82, 2.24) is 9.97 Å². The van der Waals surface area contributed by atoms with Crippen LogP contribution in [0.5, 0.6) is 11.5 Å². The van der Waals surface area contributed by atoms with E-state index in [1.807, 2.05) is 43.3 Å². The third-order valence-electron chi connectivity index (χ3n) is 12.3. The van der Waals surface area contributed by atoms with Gasteiger partial charge in [-0.2, -0.15) is 0 Å². The Kier molecular flexibility index (Phi) is 13.3. The second kappa shape index (κ2) is 18.4. The van der Waals surface area contributed by atoms with Crippen LogP contribution in [0.25, 0.3) is 22.3 Å². The van der Waals surface area contributed by atoms with Crippen LogP contribution in [0.3, 0.4) is 0 Å². The van der Waals surface area contributed by atoms with Crippen LogP contribution in [0, 0.1) is 6.92 Å². The molecule has 342 valence electrons. The van der Waals surface area contributed by atoms with Gasteiger partial charge in [-0.1, -0.05) is 45.9 Å². The molecule has 0 bridgehead atoms. The van der Waals surface area contributed by atoms with Gasteiger partial charge in [0, 0.05) is 40.3 Å². The number of pyridine rings is 2. The summed E-state index contributed by atoms with van der Waals surface area (Å²) in [5.41, 5.74) is 9.36. The van der Waals surface area contributed by atoms with Crippen LogP contribution in [-0.2, 0) is 56.6 Å². The third-order valence-corrected chi connectivity index (χ3v) is 14.8. The smallest absolute Gasteiger partial charge is 0.255 e. The summed E-state index contributed by atoms with van der Waals surface area (Å²) in [7, 11) is -4.91. The van der Waals surface area contributed by atoms with Gasteiger partial charge in [0.25, 0.3) is 21.1 Å². The van der Waals surface area contributed by atoms with Crippen molar-refractivity contribution in [2.75, 3.05) is 35.4 Å². The Labute approximate surface area is 382 Å². The average molecular weight is 919 g/mol. The highest BCUT2D eigenvalue weighted by molar-refractivity contribution is 7.96. The SMILES string of the molecule is COc1c(CCc2ccc(NS(=O)(=O)CN(c3ccc(CCc4cc(-c5ccc[nH]c5=O)cc(C5(C)CC5)c4OC)cc3)S(C)(=O)=O)cc2C)cc(-c2ccc[nH]c2=O)cc1C(C)(C)C. The molecule has 6 aromatic rings. The molecule has 2 heterocycles. The molecular formula is C51H58N4O8S2. The molecule has 7 rings (SSSR count). The van der Waals surface area contributed by atoms with E-state index in [9.17, 15) is 26.4 Å². The number of aromatic amines is 2. The molecule has 65 heavy (non-hydrogen) atoms. The summed E-state index contributed by atoms with van der Waals surface area (Å²) in [6, 6.07) is 27.4. The van der Waals surface area contributed by atoms with Gasteiger partial charge in [0.2, 0.25) is 10.0 Å². The van der Waals surface area contributed by atoms with Crippen LogP contribution in [0.4, 0.5) is 11.4 Å². The molecule has 0 radical (unpaired) electrons. The molecule has 12 nitrogen and oxygen atoms in total. The highest BCUT2D eigenvalue weighted by atomic mass is 32.2. The molecule has 4 aromatic carbocycles. The number of rotatable bonds is 17. The lowest BCUT2D eigenvalue weighted by atomic mass is 9.82. The van der Waals surface area contributed by atoms with Crippen molar-refractivity contribution in [3.63, 3.8) is 0 Å². The van der Waals surface area contributed by atoms with E-state index < -0.39 is 25.9 Å². The van der Waals surface area contributed by atoms with E-state index >= 15 is 0 Å². The predicted molar refractivity (Wildman–Crippen MR) is 261 cm³/mol. The van der Waals surface area contributed by atoms with Crippen LogP contribution >= 0.6 is 0 Å². The minimum atomic E-state index is -4.20. The van der Waals surface area contributed by atoms with Gasteiger partial charge in [-0.15, -0.1) is 0 Å². The Morgan fingerprint density at radius 3 is 1.78 bits per heavy atom. The standard InChI is InChI=1S/C51H58N4O8S2/c1-33-27-40(20-19-35(33)17-18-37-29-38(42-11-9-25-52-48(42)56)30-44(46(37)62-6)50(2,3)4)54-65(60,61)32-55(64(8,58)59)41-21-14-34(15-22-41)13-16-36-28-39(43-12-10-26-53-49(43)57)31-45(47(36)63-7)51(5)23-24-51/h9-12,14-15,19-22,25-31,54H,13,16-18,23-24,32H2,1-8H3,(H,52,56)(H,53,57). The Bertz CT molecular complexity index is 3070. The van der Waals surface area contributed by atoms with Gasteiger partial charge < -0.3 is 19.4 Å². The van der Waals surface area contributed by atoms with E-state index in [0.29, 0.717) is 42.5 Å². The predicted octanol–water partition coefficient (Wildman–Crippen LogP) is 8.81. The number of anilines is 2. The van der Waals surface area contributed by atoms with Crippen LogP contribution in [0.1, 0.15) is 79.5 Å². The molecule has 3 N–H and O–H groups in total. The molecule has 14 heteroatoms. The van der Waals surface area contributed by atoms with Crippen molar-refractivity contribution in [2.45, 2.75) is 84.0 Å². The highest BCUT2D eigenvalue weighted by Gasteiger charge is 2.42. The summed E-state index contributed by atoms with van der Waals surface area (Å²) < 4.78 is 68.9. The van der Waals surface area contributed by atoms with E-state index in [-0.39, 0.29) is 27.6 Å². The van der Waals surface area contributed by atoms with Crippen LogP contribution in [-0.4, -0.2) is 53.2 Å². The van der Waals surface area contributed by atoms with E-state index in [1.54, 1.807) is 75.1 Å². The van der Waals surface area contributed by atoms with E-state index in [2.05, 4.69) is 48.5 Å². The zero-order valence-corrected chi connectivity index (χ0v) is 39.9.